The number of benzene rings is 9. The number of para-hydroxylation sites is 3. The van der Waals surface area contributed by atoms with Crippen molar-refractivity contribution in [2.45, 2.75) is 11.5 Å². The number of rotatable bonds is 4. The number of hydrogen-bond donors (Lipinski definition) is 0. The molecule has 0 aliphatic carbocycles. The quantitative estimate of drug-likeness (QED) is 0.157. The summed E-state index contributed by atoms with van der Waals surface area (Å²) in [5.41, 5.74) is 15.2. The van der Waals surface area contributed by atoms with Gasteiger partial charge in [-0.3, -0.25) is 0 Å². The Morgan fingerprint density at radius 1 is 0.316 bits per heavy atom. The van der Waals surface area contributed by atoms with Gasteiger partial charge >= 0.3 is 330 Å². The summed E-state index contributed by atoms with van der Waals surface area (Å²) < 4.78 is 7.99. The first kappa shape index (κ1) is 32.6. The topological polar surface area (TPSA) is 9.86 Å². The van der Waals surface area contributed by atoms with Crippen LogP contribution in [0.15, 0.2) is 194 Å². The van der Waals surface area contributed by atoms with E-state index in [0.29, 0.717) is 0 Å². The van der Waals surface area contributed by atoms with Crippen molar-refractivity contribution in [1.29, 1.82) is 0 Å². The summed E-state index contributed by atoms with van der Waals surface area (Å²) in [4.78, 5) is 0. The Bertz CT molecular complexity index is 3440. The van der Waals surface area contributed by atoms with Gasteiger partial charge in [0.25, 0.3) is 0 Å². The predicted octanol–water partition coefficient (Wildman–Crippen LogP) is 13.2. The van der Waals surface area contributed by atoms with Crippen LogP contribution in [0.4, 0.5) is 0 Å². The van der Waals surface area contributed by atoms with Gasteiger partial charge in [0.05, 0.1) is 0 Å². The predicted molar refractivity (Wildman–Crippen MR) is 246 cm³/mol. The summed E-state index contributed by atoms with van der Waals surface area (Å²) in [5.74, 6) is 5.16. The Morgan fingerprint density at radius 2 is 0.772 bits per heavy atom. The van der Waals surface area contributed by atoms with E-state index in [4.69, 9.17) is 0 Å². The van der Waals surface area contributed by atoms with Crippen LogP contribution < -0.4 is 8.79 Å². The van der Waals surface area contributed by atoms with E-state index in [2.05, 4.69) is 215 Å². The molecule has 1 aliphatic rings. The van der Waals surface area contributed by atoms with Crippen molar-refractivity contribution in [2.24, 2.45) is 0 Å². The maximum atomic E-state index is 2.58. The van der Waals surface area contributed by atoms with Gasteiger partial charge in [-0.15, -0.1) is 0 Å². The van der Waals surface area contributed by atoms with E-state index in [-0.39, 0.29) is 0 Å². The second kappa shape index (κ2) is 12.2. The number of hydrogen-bond acceptors (Lipinski definition) is 0. The van der Waals surface area contributed by atoms with Gasteiger partial charge in [0.1, 0.15) is 0 Å². The van der Waals surface area contributed by atoms with Crippen LogP contribution in [-0.2, 0) is 0 Å². The molecular formula is C54H38GeN2. The average molecular weight is 788 g/mol. The first-order chi connectivity index (χ1) is 28.0. The molecular weight excluding hydrogens is 749 g/mol. The summed E-state index contributed by atoms with van der Waals surface area (Å²) in [7, 11) is 0. The van der Waals surface area contributed by atoms with Crippen LogP contribution >= 0.6 is 0 Å². The van der Waals surface area contributed by atoms with Gasteiger partial charge in [0.2, 0.25) is 0 Å². The van der Waals surface area contributed by atoms with Gasteiger partial charge in [0.15, 0.2) is 0 Å². The van der Waals surface area contributed by atoms with E-state index in [0.717, 1.165) is 0 Å². The van der Waals surface area contributed by atoms with Gasteiger partial charge in [-0.05, 0) is 0 Å². The maximum absolute atomic E-state index is 2.69. The number of nitrogens with zero attached hydrogens (tertiary/aromatic N) is 2. The minimum absolute atomic E-state index is 1.19. The third kappa shape index (κ3) is 4.84. The molecule has 0 spiro atoms. The molecule has 0 bridgehead atoms. The molecule has 9 aromatic carbocycles. The number of aromatic nitrogens is 2. The SMILES string of the molecule is [CH3][Ge]1([CH3])[c]2cc(-c3ccc4c5ccccc5n(-c5ccccc5)c4c3)ccc2-c2ccc(-c3ccc4c5ccccc5n(-c5ccc6ccccc6c5)c4c3)c[c]21. The fourth-order valence-electron chi connectivity index (χ4n) is 9.85. The van der Waals surface area contributed by atoms with Crippen LogP contribution in [0.3, 0.4) is 0 Å². The fraction of sp³-hybridized carbons (Fsp3) is 0.0370. The van der Waals surface area contributed by atoms with Gasteiger partial charge in [0, 0.05) is 0 Å². The minimum atomic E-state index is -2.69. The van der Waals surface area contributed by atoms with Crippen molar-refractivity contribution in [2.75, 3.05) is 0 Å². The van der Waals surface area contributed by atoms with E-state index in [9.17, 15) is 0 Å². The Morgan fingerprint density at radius 3 is 1.37 bits per heavy atom. The average Bonchev–Trinajstić information content (AvgIpc) is 3.85. The standard InChI is InChI=1S/C54H38GeN2/c1-55(2)49-31-37(39-23-28-47-45-16-8-10-18-51(45)56(53(47)33-39)41-14-4-3-5-15-41)21-26-43(49)44-27-22-38(32-50(44)55)40-24-29-48-46-17-9-11-19-52(46)57(54(48)34-40)42-25-20-35-12-6-7-13-36(35)30-42/h3-34H,1-2H3. The van der Waals surface area contributed by atoms with Crippen LogP contribution in [0.1, 0.15) is 0 Å². The van der Waals surface area contributed by atoms with E-state index < -0.39 is 13.3 Å². The second-order valence-corrected chi connectivity index (χ2v) is 25.3. The molecule has 3 heterocycles. The van der Waals surface area contributed by atoms with E-state index in [1.54, 1.807) is 8.79 Å². The summed E-state index contributed by atoms with van der Waals surface area (Å²) in [6, 6.07) is 72.5. The molecule has 2 aromatic heterocycles. The molecule has 268 valence electrons. The molecule has 11 aromatic rings. The van der Waals surface area contributed by atoms with Crippen molar-refractivity contribution in [3.63, 3.8) is 0 Å². The summed E-state index contributed by atoms with van der Waals surface area (Å²) in [6.07, 6.45) is 0. The molecule has 0 saturated heterocycles. The molecule has 57 heavy (non-hydrogen) atoms. The molecule has 0 N–H and O–H groups in total. The van der Waals surface area contributed by atoms with Gasteiger partial charge in [-0.25, -0.2) is 0 Å². The van der Waals surface area contributed by atoms with Crippen LogP contribution in [0.2, 0.25) is 11.5 Å². The van der Waals surface area contributed by atoms with Gasteiger partial charge in [-0.1, -0.05) is 6.07 Å². The first-order valence-corrected chi connectivity index (χ1v) is 26.2. The Kier molecular flexibility index (Phi) is 6.97. The molecule has 0 radical (unpaired) electrons. The molecule has 2 nitrogen and oxygen atoms in total. The summed E-state index contributed by atoms with van der Waals surface area (Å²) in [5, 5.41) is 7.65. The van der Waals surface area contributed by atoms with Crippen molar-refractivity contribution >= 4 is 76.4 Å². The molecule has 0 saturated carbocycles. The van der Waals surface area contributed by atoms with Gasteiger partial charge in [-0.2, -0.15) is 0 Å². The normalized spacial score (nSPS) is 13.2. The zero-order valence-electron chi connectivity index (χ0n) is 31.9. The Labute approximate surface area is 334 Å². The second-order valence-electron chi connectivity index (χ2n) is 16.2. The molecule has 0 amide bonds. The van der Waals surface area contributed by atoms with Crippen molar-refractivity contribution in [3.8, 4) is 44.8 Å². The van der Waals surface area contributed by atoms with Crippen LogP contribution in [0, 0.1) is 0 Å². The zero-order chi connectivity index (χ0) is 37.8. The first-order valence-electron chi connectivity index (χ1n) is 19.9. The molecule has 0 unspecified atom stereocenters. The Balaban J connectivity index is 0.958. The fourth-order valence-corrected chi connectivity index (χ4v) is 16.4. The summed E-state index contributed by atoms with van der Waals surface area (Å²) in [6.45, 7) is 0. The molecule has 0 atom stereocenters. The molecule has 12 rings (SSSR count). The van der Waals surface area contributed by atoms with Crippen molar-refractivity contribution in [1.82, 2.24) is 9.13 Å². The van der Waals surface area contributed by atoms with Crippen LogP contribution in [-0.4, -0.2) is 22.4 Å². The van der Waals surface area contributed by atoms with Crippen LogP contribution in [0.25, 0.3) is 99.1 Å². The van der Waals surface area contributed by atoms with Crippen LogP contribution in [0.5, 0.6) is 0 Å². The third-order valence-electron chi connectivity index (χ3n) is 12.7. The molecule has 0 fully saturated rings. The Hall–Kier alpha value is -6.62. The van der Waals surface area contributed by atoms with E-state index in [1.165, 1.54) is 99.1 Å². The van der Waals surface area contributed by atoms with Crippen molar-refractivity contribution < 1.29 is 0 Å². The van der Waals surface area contributed by atoms with Crippen molar-refractivity contribution in [3.05, 3.63) is 194 Å². The van der Waals surface area contributed by atoms with Gasteiger partial charge < -0.3 is 0 Å². The number of fused-ring (bicyclic) bond motifs is 10. The molecule has 3 heteroatoms. The zero-order valence-corrected chi connectivity index (χ0v) is 34.0. The third-order valence-corrected chi connectivity index (χ3v) is 20.1. The monoisotopic (exact) mass is 788 g/mol. The van der Waals surface area contributed by atoms with E-state index >= 15 is 0 Å². The molecule has 1 aliphatic heterocycles. The van der Waals surface area contributed by atoms with E-state index in [1.807, 2.05) is 0 Å². The summed E-state index contributed by atoms with van der Waals surface area (Å²) >= 11 is -2.69.